The fourth-order valence-electron chi connectivity index (χ4n) is 2.44. The Morgan fingerprint density at radius 3 is 2.70 bits per heavy atom. The summed E-state index contributed by atoms with van der Waals surface area (Å²) in [6.07, 6.45) is 1.39. The van der Waals surface area contributed by atoms with Crippen molar-refractivity contribution in [2.45, 2.75) is 18.8 Å². The number of halogens is 1. The normalized spacial score (nSPS) is 13.4. The van der Waals surface area contributed by atoms with Crippen LogP contribution in [0.1, 0.15) is 24.3 Å². The number of rotatable bonds is 6. The van der Waals surface area contributed by atoms with E-state index in [2.05, 4.69) is 6.07 Å². The molecule has 1 aliphatic rings. The zero-order chi connectivity index (χ0) is 16.1. The van der Waals surface area contributed by atoms with Gasteiger partial charge in [0.2, 0.25) is 6.79 Å². The lowest BCUT2D eigenvalue weighted by Crippen LogP contribution is -2.02. The Hall–Kier alpha value is -2.74. The monoisotopic (exact) mass is 313 g/mol. The molecule has 23 heavy (non-hydrogen) atoms. The summed E-state index contributed by atoms with van der Waals surface area (Å²) >= 11 is 0. The van der Waals surface area contributed by atoms with Crippen molar-refractivity contribution in [1.82, 2.24) is 0 Å². The summed E-state index contributed by atoms with van der Waals surface area (Å²) in [5.74, 6) is 1.57. The predicted octanol–water partition coefficient (Wildman–Crippen LogP) is 4.02. The summed E-state index contributed by atoms with van der Waals surface area (Å²) in [5, 5.41) is 9.26. The fraction of sp³-hybridized carbons (Fsp3) is 0.278. The van der Waals surface area contributed by atoms with E-state index >= 15 is 0 Å². The maximum Gasteiger partial charge on any atom is 0.231 e. The van der Waals surface area contributed by atoms with Crippen LogP contribution >= 0.6 is 0 Å². The van der Waals surface area contributed by atoms with Crippen molar-refractivity contribution in [2.75, 3.05) is 13.4 Å². The lowest BCUT2D eigenvalue weighted by Gasteiger charge is -2.10. The average Bonchev–Trinajstić information content (AvgIpc) is 3.04. The first-order chi connectivity index (χ1) is 11.3. The van der Waals surface area contributed by atoms with Crippen LogP contribution in [-0.4, -0.2) is 13.4 Å². The van der Waals surface area contributed by atoms with Gasteiger partial charge < -0.3 is 14.2 Å². The highest BCUT2D eigenvalue weighted by molar-refractivity contribution is 5.46. The van der Waals surface area contributed by atoms with Crippen LogP contribution in [0.3, 0.4) is 0 Å². The molecule has 0 fully saturated rings. The molecule has 0 bridgehead atoms. The second kappa shape index (κ2) is 7.01. The standard InChI is InChI=1S/C18H16FNO3/c19-15-5-3-13(4-6-15)14(11-20)2-1-9-21-16-7-8-17-18(10-16)23-12-22-17/h3-8,10,14H,1-2,9,12H2. The summed E-state index contributed by atoms with van der Waals surface area (Å²) in [5.41, 5.74) is 0.831. The Kier molecular flexibility index (Phi) is 4.62. The Morgan fingerprint density at radius 1 is 1.13 bits per heavy atom. The highest BCUT2D eigenvalue weighted by atomic mass is 19.1. The first-order valence-electron chi connectivity index (χ1n) is 7.44. The van der Waals surface area contributed by atoms with Crippen LogP contribution in [-0.2, 0) is 0 Å². The Balaban J connectivity index is 1.49. The molecule has 0 aromatic heterocycles. The van der Waals surface area contributed by atoms with Crippen LogP contribution in [0.2, 0.25) is 0 Å². The minimum absolute atomic E-state index is 0.236. The second-order valence-electron chi connectivity index (χ2n) is 5.24. The summed E-state index contributed by atoms with van der Waals surface area (Å²) < 4.78 is 29.1. The van der Waals surface area contributed by atoms with Gasteiger partial charge in [0.15, 0.2) is 11.5 Å². The van der Waals surface area contributed by atoms with Crippen LogP contribution in [0.4, 0.5) is 4.39 Å². The minimum Gasteiger partial charge on any atom is -0.493 e. The minimum atomic E-state index is -0.295. The molecule has 2 aromatic carbocycles. The maximum atomic E-state index is 12.9. The first kappa shape index (κ1) is 15.2. The zero-order valence-electron chi connectivity index (χ0n) is 12.5. The van der Waals surface area contributed by atoms with Crippen molar-refractivity contribution in [1.29, 1.82) is 5.26 Å². The smallest absolute Gasteiger partial charge is 0.231 e. The molecule has 0 spiro atoms. The summed E-state index contributed by atoms with van der Waals surface area (Å²) in [7, 11) is 0. The van der Waals surface area contributed by atoms with E-state index in [4.69, 9.17) is 14.2 Å². The highest BCUT2D eigenvalue weighted by Crippen LogP contribution is 2.35. The van der Waals surface area contributed by atoms with E-state index in [0.717, 1.165) is 17.7 Å². The van der Waals surface area contributed by atoms with Crippen molar-refractivity contribution in [3.05, 3.63) is 53.8 Å². The van der Waals surface area contributed by atoms with Crippen LogP contribution < -0.4 is 14.2 Å². The van der Waals surface area contributed by atoms with Crippen LogP contribution in [0.5, 0.6) is 17.2 Å². The van der Waals surface area contributed by atoms with Gasteiger partial charge in [0, 0.05) is 6.07 Å². The van der Waals surface area contributed by atoms with Gasteiger partial charge in [-0.2, -0.15) is 5.26 Å². The lowest BCUT2D eigenvalue weighted by molar-refractivity contribution is 0.173. The van der Waals surface area contributed by atoms with Gasteiger partial charge in [0.05, 0.1) is 18.6 Å². The van der Waals surface area contributed by atoms with Gasteiger partial charge in [-0.1, -0.05) is 12.1 Å². The molecule has 118 valence electrons. The molecule has 1 atom stereocenters. The molecule has 0 radical (unpaired) electrons. The van der Waals surface area contributed by atoms with Gasteiger partial charge in [-0.05, 0) is 42.7 Å². The van der Waals surface area contributed by atoms with E-state index in [-0.39, 0.29) is 18.5 Å². The third-order valence-corrected chi connectivity index (χ3v) is 3.68. The topological polar surface area (TPSA) is 51.5 Å². The van der Waals surface area contributed by atoms with Crippen LogP contribution in [0.25, 0.3) is 0 Å². The molecule has 0 saturated carbocycles. The van der Waals surface area contributed by atoms with E-state index in [0.29, 0.717) is 24.5 Å². The zero-order valence-corrected chi connectivity index (χ0v) is 12.5. The Bertz CT molecular complexity index is 709. The fourth-order valence-corrected chi connectivity index (χ4v) is 2.44. The summed E-state index contributed by atoms with van der Waals surface area (Å²) in [4.78, 5) is 0. The predicted molar refractivity (Wildman–Crippen MR) is 82.0 cm³/mol. The third-order valence-electron chi connectivity index (χ3n) is 3.68. The molecule has 2 aromatic rings. The Labute approximate surface area is 134 Å². The van der Waals surface area contributed by atoms with Crippen molar-refractivity contribution in [2.24, 2.45) is 0 Å². The number of hydrogen-bond donors (Lipinski definition) is 0. The second-order valence-corrected chi connectivity index (χ2v) is 5.24. The lowest BCUT2D eigenvalue weighted by atomic mass is 9.96. The summed E-state index contributed by atoms with van der Waals surface area (Å²) in [6.45, 7) is 0.735. The molecular formula is C18H16FNO3. The molecule has 0 amide bonds. The first-order valence-corrected chi connectivity index (χ1v) is 7.44. The highest BCUT2D eigenvalue weighted by Gasteiger charge is 2.14. The average molecular weight is 313 g/mol. The largest absolute Gasteiger partial charge is 0.493 e. The van der Waals surface area contributed by atoms with E-state index in [1.165, 1.54) is 12.1 Å². The van der Waals surface area contributed by atoms with Crippen molar-refractivity contribution in [3.63, 3.8) is 0 Å². The van der Waals surface area contributed by atoms with E-state index in [9.17, 15) is 9.65 Å². The van der Waals surface area contributed by atoms with Gasteiger partial charge in [-0.15, -0.1) is 0 Å². The number of hydrogen-bond acceptors (Lipinski definition) is 4. The van der Waals surface area contributed by atoms with Crippen molar-refractivity contribution < 1.29 is 18.6 Å². The van der Waals surface area contributed by atoms with Crippen LogP contribution in [0.15, 0.2) is 42.5 Å². The SMILES string of the molecule is N#CC(CCCOc1ccc2c(c1)OCO2)c1ccc(F)cc1. The van der Waals surface area contributed by atoms with Crippen molar-refractivity contribution in [3.8, 4) is 23.3 Å². The number of nitriles is 1. The molecule has 3 rings (SSSR count). The summed E-state index contributed by atoms with van der Waals surface area (Å²) in [6, 6.07) is 13.8. The van der Waals surface area contributed by atoms with Gasteiger partial charge in [0.25, 0.3) is 0 Å². The molecule has 1 heterocycles. The maximum absolute atomic E-state index is 12.9. The Morgan fingerprint density at radius 2 is 1.91 bits per heavy atom. The quantitative estimate of drug-likeness (QED) is 0.756. The molecular weight excluding hydrogens is 297 g/mol. The van der Waals surface area contributed by atoms with E-state index in [1.807, 2.05) is 12.1 Å². The van der Waals surface area contributed by atoms with E-state index < -0.39 is 0 Å². The van der Waals surface area contributed by atoms with E-state index in [1.54, 1.807) is 18.2 Å². The molecule has 4 nitrogen and oxygen atoms in total. The molecule has 0 saturated heterocycles. The molecule has 1 unspecified atom stereocenters. The van der Waals surface area contributed by atoms with Crippen molar-refractivity contribution >= 4 is 0 Å². The molecule has 0 aliphatic carbocycles. The van der Waals surface area contributed by atoms with Crippen LogP contribution in [0, 0.1) is 17.1 Å². The third kappa shape index (κ3) is 3.72. The van der Waals surface area contributed by atoms with Gasteiger partial charge in [-0.25, -0.2) is 4.39 Å². The molecule has 0 N–H and O–H groups in total. The number of ether oxygens (including phenoxy) is 3. The number of nitrogens with zero attached hydrogens (tertiary/aromatic N) is 1. The van der Waals surface area contributed by atoms with Gasteiger partial charge in [-0.3, -0.25) is 0 Å². The molecule has 1 aliphatic heterocycles. The number of fused-ring (bicyclic) bond motifs is 1. The number of benzene rings is 2. The molecule has 5 heteroatoms. The van der Waals surface area contributed by atoms with Gasteiger partial charge in [0.1, 0.15) is 11.6 Å². The van der Waals surface area contributed by atoms with Gasteiger partial charge >= 0.3 is 0 Å².